The number of thiophene rings is 1. The van der Waals surface area contributed by atoms with Crippen LogP contribution in [0.2, 0.25) is 0 Å². The van der Waals surface area contributed by atoms with Gasteiger partial charge >= 0.3 is 5.00 Å². The zero-order chi connectivity index (χ0) is 18.3. The lowest BCUT2D eigenvalue weighted by Gasteiger charge is -2.07. The predicted molar refractivity (Wildman–Crippen MR) is 98.7 cm³/mol. The van der Waals surface area contributed by atoms with Crippen LogP contribution < -0.4 is 0 Å². The Morgan fingerprint density at radius 2 is 1.81 bits per heavy atom. The van der Waals surface area contributed by atoms with Crippen molar-refractivity contribution in [1.82, 2.24) is 8.96 Å². The molecule has 0 saturated carbocycles. The van der Waals surface area contributed by atoms with Gasteiger partial charge in [-0.05, 0) is 30.3 Å². The minimum atomic E-state index is -3.78. The number of nitro groups is 1. The standard InChI is InChI=1S/C17H11N3O4S2/c21-20(22)16-7-6-15(25-16)13-8-10-18-17-14(13)9-11-19(17)26(23,24)12-4-2-1-3-5-12/h1-11H. The summed E-state index contributed by atoms with van der Waals surface area (Å²) in [5.41, 5.74) is 0.984. The van der Waals surface area contributed by atoms with Crippen LogP contribution >= 0.6 is 11.3 Å². The van der Waals surface area contributed by atoms with Gasteiger partial charge in [0.05, 0.1) is 9.82 Å². The summed E-state index contributed by atoms with van der Waals surface area (Å²) in [5, 5.41) is 11.6. The number of pyridine rings is 1. The van der Waals surface area contributed by atoms with Gasteiger partial charge in [0.1, 0.15) is 0 Å². The summed E-state index contributed by atoms with van der Waals surface area (Å²) in [4.78, 5) is 15.5. The van der Waals surface area contributed by atoms with Gasteiger partial charge in [0.25, 0.3) is 10.0 Å². The molecule has 4 aromatic rings. The van der Waals surface area contributed by atoms with Crippen LogP contribution in [-0.4, -0.2) is 22.3 Å². The quantitative estimate of drug-likeness (QED) is 0.392. The van der Waals surface area contributed by atoms with E-state index in [1.54, 1.807) is 36.4 Å². The Morgan fingerprint density at radius 1 is 1.04 bits per heavy atom. The summed E-state index contributed by atoms with van der Waals surface area (Å²) in [6.07, 6.45) is 2.95. The molecule has 0 saturated heterocycles. The molecule has 0 amide bonds. The number of hydrogen-bond donors (Lipinski definition) is 0. The topological polar surface area (TPSA) is 95.1 Å². The second kappa shape index (κ2) is 6.04. The maximum absolute atomic E-state index is 12.9. The minimum Gasteiger partial charge on any atom is -0.258 e. The fraction of sp³-hybridized carbons (Fsp3) is 0. The number of aromatic nitrogens is 2. The summed E-state index contributed by atoms with van der Waals surface area (Å²) >= 11 is 1.04. The molecule has 0 radical (unpaired) electrons. The molecule has 7 nitrogen and oxygen atoms in total. The van der Waals surface area contributed by atoms with Crippen molar-refractivity contribution >= 4 is 37.4 Å². The highest BCUT2D eigenvalue weighted by molar-refractivity contribution is 7.90. The molecule has 9 heteroatoms. The van der Waals surface area contributed by atoms with Crippen LogP contribution in [0.4, 0.5) is 5.00 Å². The van der Waals surface area contributed by atoms with Gasteiger partial charge in [0.2, 0.25) is 0 Å². The third-order valence-electron chi connectivity index (χ3n) is 3.89. The summed E-state index contributed by atoms with van der Waals surface area (Å²) in [6.45, 7) is 0. The minimum absolute atomic E-state index is 0.0290. The predicted octanol–water partition coefficient (Wildman–Crippen LogP) is 3.91. The molecular formula is C17H11N3O4S2. The molecule has 0 spiro atoms. The molecule has 0 unspecified atom stereocenters. The average molecular weight is 385 g/mol. The highest BCUT2D eigenvalue weighted by Gasteiger charge is 2.21. The second-order valence-electron chi connectivity index (χ2n) is 5.42. The molecule has 3 aromatic heterocycles. The molecule has 0 fully saturated rings. The lowest BCUT2D eigenvalue weighted by Crippen LogP contribution is -2.12. The summed E-state index contributed by atoms with van der Waals surface area (Å²) in [6, 6.07) is 14.6. The van der Waals surface area contributed by atoms with Crippen LogP contribution in [0.15, 0.2) is 71.9 Å². The van der Waals surface area contributed by atoms with Crippen LogP contribution in [0.5, 0.6) is 0 Å². The molecule has 26 heavy (non-hydrogen) atoms. The lowest BCUT2D eigenvalue weighted by molar-refractivity contribution is -0.380. The van der Waals surface area contributed by atoms with Crippen molar-refractivity contribution in [1.29, 1.82) is 0 Å². The number of hydrogen-bond acceptors (Lipinski definition) is 6. The highest BCUT2D eigenvalue weighted by Crippen LogP contribution is 2.36. The largest absolute Gasteiger partial charge is 0.324 e. The SMILES string of the molecule is O=[N+]([O-])c1ccc(-c2ccnc3c2ccn3S(=O)(=O)c2ccccc2)s1. The van der Waals surface area contributed by atoms with Gasteiger partial charge in [-0.25, -0.2) is 17.4 Å². The molecule has 0 atom stereocenters. The third-order valence-corrected chi connectivity index (χ3v) is 6.64. The van der Waals surface area contributed by atoms with Crippen molar-refractivity contribution in [3.05, 3.63) is 77.1 Å². The van der Waals surface area contributed by atoms with Crippen molar-refractivity contribution in [2.45, 2.75) is 4.90 Å². The van der Waals surface area contributed by atoms with Crippen LogP contribution in [0.1, 0.15) is 0 Å². The summed E-state index contributed by atoms with van der Waals surface area (Å²) in [7, 11) is -3.78. The molecule has 3 heterocycles. The smallest absolute Gasteiger partial charge is 0.258 e. The number of rotatable bonds is 4. The Hall–Kier alpha value is -3.04. The molecule has 130 valence electrons. The molecule has 0 aliphatic heterocycles. The molecular weight excluding hydrogens is 374 g/mol. The number of benzene rings is 1. The van der Waals surface area contributed by atoms with Crippen LogP contribution in [0.3, 0.4) is 0 Å². The van der Waals surface area contributed by atoms with Gasteiger partial charge in [0, 0.05) is 34.3 Å². The van der Waals surface area contributed by atoms with E-state index in [1.165, 1.54) is 30.6 Å². The van der Waals surface area contributed by atoms with Crippen LogP contribution in [-0.2, 0) is 10.0 Å². The average Bonchev–Trinajstić information content (AvgIpc) is 3.30. The Kier molecular flexibility index (Phi) is 3.82. The Balaban J connectivity index is 1.89. The Labute approximate surface area is 152 Å². The first kappa shape index (κ1) is 16.4. The van der Waals surface area contributed by atoms with E-state index in [1.807, 2.05) is 0 Å². The zero-order valence-corrected chi connectivity index (χ0v) is 14.8. The first-order valence-electron chi connectivity index (χ1n) is 7.50. The van der Waals surface area contributed by atoms with E-state index in [9.17, 15) is 18.5 Å². The molecule has 0 bridgehead atoms. The Morgan fingerprint density at radius 3 is 2.50 bits per heavy atom. The van der Waals surface area contributed by atoms with Crippen LogP contribution in [0, 0.1) is 10.1 Å². The van der Waals surface area contributed by atoms with E-state index in [0.717, 1.165) is 15.3 Å². The van der Waals surface area contributed by atoms with E-state index in [-0.39, 0.29) is 15.5 Å². The zero-order valence-electron chi connectivity index (χ0n) is 13.1. The maximum Gasteiger partial charge on any atom is 0.324 e. The van der Waals surface area contributed by atoms with Crippen LogP contribution in [0.25, 0.3) is 21.5 Å². The lowest BCUT2D eigenvalue weighted by atomic mass is 10.1. The van der Waals surface area contributed by atoms with Gasteiger partial charge in [0.15, 0.2) is 5.65 Å². The van der Waals surface area contributed by atoms with Gasteiger partial charge in [-0.15, -0.1) is 0 Å². The fourth-order valence-corrected chi connectivity index (χ4v) is 4.88. The van der Waals surface area contributed by atoms with Gasteiger partial charge in [-0.1, -0.05) is 29.5 Å². The molecule has 0 N–H and O–H groups in total. The molecule has 0 aliphatic rings. The van der Waals surface area contributed by atoms with Gasteiger partial charge in [-0.3, -0.25) is 10.1 Å². The van der Waals surface area contributed by atoms with Crippen molar-refractivity contribution in [3.63, 3.8) is 0 Å². The van der Waals surface area contributed by atoms with E-state index in [0.29, 0.717) is 15.8 Å². The maximum atomic E-state index is 12.9. The van der Waals surface area contributed by atoms with Crippen molar-refractivity contribution in [2.24, 2.45) is 0 Å². The van der Waals surface area contributed by atoms with Gasteiger partial charge < -0.3 is 0 Å². The normalized spacial score (nSPS) is 11.7. The van der Waals surface area contributed by atoms with E-state index in [4.69, 9.17) is 0 Å². The van der Waals surface area contributed by atoms with Crippen molar-refractivity contribution in [2.75, 3.05) is 0 Å². The first-order chi connectivity index (χ1) is 12.5. The number of nitrogens with zero attached hydrogens (tertiary/aromatic N) is 3. The summed E-state index contributed by atoms with van der Waals surface area (Å²) < 4.78 is 26.9. The number of fused-ring (bicyclic) bond motifs is 1. The van der Waals surface area contributed by atoms with Crippen molar-refractivity contribution in [3.8, 4) is 10.4 Å². The molecule has 4 rings (SSSR count). The van der Waals surface area contributed by atoms with Gasteiger partial charge in [-0.2, -0.15) is 0 Å². The molecule has 1 aromatic carbocycles. The van der Waals surface area contributed by atoms with E-state index >= 15 is 0 Å². The van der Waals surface area contributed by atoms with E-state index in [2.05, 4.69) is 4.98 Å². The first-order valence-corrected chi connectivity index (χ1v) is 9.75. The fourth-order valence-electron chi connectivity index (χ4n) is 2.70. The highest BCUT2D eigenvalue weighted by atomic mass is 32.2. The van der Waals surface area contributed by atoms with Crippen molar-refractivity contribution < 1.29 is 13.3 Å². The third kappa shape index (κ3) is 2.57. The second-order valence-corrected chi connectivity index (χ2v) is 8.30. The summed E-state index contributed by atoms with van der Waals surface area (Å²) in [5.74, 6) is 0. The Bertz CT molecular complexity index is 1230. The molecule has 0 aliphatic carbocycles. The van der Waals surface area contributed by atoms with E-state index < -0.39 is 14.9 Å². The monoisotopic (exact) mass is 385 g/mol.